The van der Waals surface area contributed by atoms with Crippen LogP contribution in [0, 0.1) is 25.2 Å². The molecule has 0 bridgehead atoms. The van der Waals surface area contributed by atoms with Gasteiger partial charge in [0.25, 0.3) is 0 Å². The molecule has 4 nitrogen and oxygen atoms in total. The number of carbonyl (C=O) groups excluding carboxylic acids is 1. The number of halogens is 1. The van der Waals surface area contributed by atoms with Crippen LogP contribution in [0.15, 0.2) is 42.0 Å². The smallest absolute Gasteiger partial charge is 0.349 e. The van der Waals surface area contributed by atoms with Crippen molar-refractivity contribution in [1.29, 1.82) is 5.26 Å². The zero-order valence-corrected chi connectivity index (χ0v) is 16.6. The Morgan fingerprint density at radius 3 is 2.48 bits per heavy atom. The van der Waals surface area contributed by atoms with E-state index in [1.807, 2.05) is 44.2 Å². The standard InChI is InChI=1S/C22H22ClNO3/c1-14(2)27-22(25)18(12-24)11-17-9-15(3)10-19(16(17)4)13-26-21-7-5-20(23)6-8-21/h5-11,14H,13H2,1-4H3. The minimum atomic E-state index is -0.618. The molecule has 5 heteroatoms. The SMILES string of the molecule is Cc1cc(C=C(C#N)C(=O)OC(C)C)c(C)c(COc2ccc(Cl)cc2)c1. The highest BCUT2D eigenvalue weighted by atomic mass is 35.5. The molecule has 0 aromatic heterocycles. The molecule has 27 heavy (non-hydrogen) atoms. The van der Waals surface area contributed by atoms with E-state index in [2.05, 4.69) is 0 Å². The van der Waals surface area contributed by atoms with Crippen LogP contribution in [0.1, 0.15) is 36.1 Å². The number of ether oxygens (including phenoxy) is 2. The summed E-state index contributed by atoms with van der Waals surface area (Å²) in [7, 11) is 0. The van der Waals surface area contributed by atoms with Crippen LogP contribution in [0.5, 0.6) is 5.75 Å². The number of carbonyl (C=O) groups is 1. The van der Waals surface area contributed by atoms with Gasteiger partial charge in [0.15, 0.2) is 0 Å². The van der Waals surface area contributed by atoms with E-state index < -0.39 is 5.97 Å². The average Bonchev–Trinajstić information content (AvgIpc) is 2.61. The van der Waals surface area contributed by atoms with Gasteiger partial charge in [0.1, 0.15) is 24.0 Å². The molecule has 0 heterocycles. The summed E-state index contributed by atoms with van der Waals surface area (Å²) in [5.41, 5.74) is 3.70. The number of hydrogen-bond acceptors (Lipinski definition) is 4. The Morgan fingerprint density at radius 2 is 1.89 bits per heavy atom. The summed E-state index contributed by atoms with van der Waals surface area (Å²) in [4.78, 5) is 12.1. The Morgan fingerprint density at radius 1 is 1.22 bits per heavy atom. The first-order valence-electron chi connectivity index (χ1n) is 8.61. The Kier molecular flexibility index (Phi) is 7.04. The summed E-state index contributed by atoms with van der Waals surface area (Å²) < 4.78 is 11.0. The van der Waals surface area contributed by atoms with E-state index in [0.717, 1.165) is 28.0 Å². The predicted octanol–water partition coefficient (Wildman–Crippen LogP) is 5.39. The van der Waals surface area contributed by atoms with Gasteiger partial charge >= 0.3 is 5.97 Å². The fourth-order valence-electron chi connectivity index (χ4n) is 2.53. The predicted molar refractivity (Wildman–Crippen MR) is 107 cm³/mol. The molecule has 0 unspecified atom stereocenters. The molecule has 0 aliphatic carbocycles. The van der Waals surface area contributed by atoms with E-state index in [9.17, 15) is 10.1 Å². The normalized spacial score (nSPS) is 11.2. The van der Waals surface area contributed by atoms with E-state index in [-0.39, 0.29) is 11.7 Å². The first-order chi connectivity index (χ1) is 12.8. The lowest BCUT2D eigenvalue weighted by Gasteiger charge is -2.13. The molecule has 0 spiro atoms. The Labute approximate surface area is 165 Å². The summed E-state index contributed by atoms with van der Waals surface area (Å²) >= 11 is 5.89. The Balaban J connectivity index is 2.28. The molecule has 0 saturated heterocycles. The van der Waals surface area contributed by atoms with Gasteiger partial charge in [-0.05, 0) is 74.7 Å². The lowest BCUT2D eigenvalue weighted by atomic mass is 9.98. The van der Waals surface area contributed by atoms with Crippen LogP contribution >= 0.6 is 11.6 Å². The van der Waals surface area contributed by atoms with E-state index in [0.29, 0.717) is 11.6 Å². The van der Waals surface area contributed by atoms with E-state index in [4.69, 9.17) is 21.1 Å². The summed E-state index contributed by atoms with van der Waals surface area (Å²) in [5.74, 6) is 0.1000. The van der Waals surface area contributed by atoms with Crippen LogP contribution in [0.25, 0.3) is 6.08 Å². The van der Waals surface area contributed by atoms with Gasteiger partial charge in [-0.2, -0.15) is 5.26 Å². The number of nitriles is 1. The minimum absolute atomic E-state index is 0.0260. The molecular weight excluding hydrogens is 362 g/mol. The maximum Gasteiger partial charge on any atom is 0.349 e. The number of benzene rings is 2. The minimum Gasteiger partial charge on any atom is -0.489 e. The molecule has 2 aromatic rings. The van der Waals surface area contributed by atoms with Gasteiger partial charge in [0, 0.05) is 5.02 Å². The zero-order chi connectivity index (χ0) is 20.0. The van der Waals surface area contributed by atoms with Crippen LogP contribution in [0.2, 0.25) is 5.02 Å². The fourth-order valence-corrected chi connectivity index (χ4v) is 2.65. The molecule has 140 valence electrons. The molecular formula is C22H22ClNO3. The first kappa shape index (κ1) is 20.5. The number of aryl methyl sites for hydroxylation is 1. The molecule has 0 amide bonds. The Hall–Kier alpha value is -2.77. The van der Waals surface area contributed by atoms with Crippen LogP contribution < -0.4 is 4.74 Å². The van der Waals surface area contributed by atoms with Crippen molar-refractivity contribution >= 4 is 23.6 Å². The van der Waals surface area contributed by atoms with E-state index in [1.165, 1.54) is 0 Å². The lowest BCUT2D eigenvalue weighted by Crippen LogP contribution is -2.13. The highest BCUT2D eigenvalue weighted by Gasteiger charge is 2.14. The third-order valence-electron chi connectivity index (χ3n) is 3.89. The Bertz CT molecular complexity index is 893. The quantitative estimate of drug-likeness (QED) is 0.381. The van der Waals surface area contributed by atoms with Gasteiger partial charge in [-0.1, -0.05) is 29.3 Å². The maximum atomic E-state index is 12.1. The molecule has 0 N–H and O–H groups in total. The fraction of sp³-hybridized carbons (Fsp3) is 0.273. The topological polar surface area (TPSA) is 59.3 Å². The van der Waals surface area contributed by atoms with Crippen LogP contribution in [-0.4, -0.2) is 12.1 Å². The second kappa shape index (κ2) is 9.25. The monoisotopic (exact) mass is 383 g/mol. The molecule has 0 radical (unpaired) electrons. The van der Waals surface area contributed by atoms with Gasteiger partial charge in [0.05, 0.1) is 6.10 Å². The van der Waals surface area contributed by atoms with Crippen molar-refractivity contribution in [1.82, 2.24) is 0 Å². The number of nitrogens with zero attached hydrogens (tertiary/aromatic N) is 1. The summed E-state index contributed by atoms with van der Waals surface area (Å²) in [5, 5.41) is 9.97. The van der Waals surface area contributed by atoms with Crippen molar-refractivity contribution < 1.29 is 14.3 Å². The average molecular weight is 384 g/mol. The molecule has 0 fully saturated rings. The van der Waals surface area contributed by atoms with Crippen LogP contribution in [-0.2, 0) is 16.1 Å². The molecule has 2 aromatic carbocycles. The van der Waals surface area contributed by atoms with Crippen molar-refractivity contribution in [2.75, 3.05) is 0 Å². The highest BCUT2D eigenvalue weighted by molar-refractivity contribution is 6.30. The number of esters is 1. The maximum absolute atomic E-state index is 12.1. The van der Waals surface area contributed by atoms with Gasteiger partial charge < -0.3 is 9.47 Å². The third kappa shape index (κ3) is 5.87. The third-order valence-corrected chi connectivity index (χ3v) is 4.14. The number of rotatable bonds is 6. The highest BCUT2D eigenvalue weighted by Crippen LogP contribution is 2.23. The second-order valence-corrected chi connectivity index (χ2v) is 6.94. The molecule has 0 aliphatic heterocycles. The summed E-state index contributed by atoms with van der Waals surface area (Å²) in [6.45, 7) is 7.76. The van der Waals surface area contributed by atoms with Crippen LogP contribution in [0.3, 0.4) is 0 Å². The van der Waals surface area contributed by atoms with E-state index in [1.54, 1.807) is 32.1 Å². The van der Waals surface area contributed by atoms with Crippen molar-refractivity contribution in [3.8, 4) is 11.8 Å². The van der Waals surface area contributed by atoms with Crippen LogP contribution in [0.4, 0.5) is 0 Å². The van der Waals surface area contributed by atoms with Crippen molar-refractivity contribution in [2.45, 2.75) is 40.4 Å². The zero-order valence-electron chi connectivity index (χ0n) is 15.9. The molecule has 2 rings (SSSR count). The van der Waals surface area contributed by atoms with Gasteiger partial charge in [-0.15, -0.1) is 0 Å². The lowest BCUT2D eigenvalue weighted by molar-refractivity contribution is -0.142. The molecule has 0 saturated carbocycles. The molecule has 0 atom stereocenters. The second-order valence-electron chi connectivity index (χ2n) is 6.50. The van der Waals surface area contributed by atoms with Gasteiger partial charge in [0.2, 0.25) is 0 Å². The summed E-state index contributed by atoms with van der Waals surface area (Å²) in [6.07, 6.45) is 1.29. The first-order valence-corrected chi connectivity index (χ1v) is 8.99. The summed E-state index contributed by atoms with van der Waals surface area (Å²) in [6, 6.07) is 13.1. The van der Waals surface area contributed by atoms with Gasteiger partial charge in [-0.25, -0.2) is 4.79 Å². The van der Waals surface area contributed by atoms with Crippen molar-refractivity contribution in [3.63, 3.8) is 0 Å². The number of hydrogen-bond donors (Lipinski definition) is 0. The van der Waals surface area contributed by atoms with E-state index >= 15 is 0 Å². The largest absolute Gasteiger partial charge is 0.489 e. The molecule has 0 aliphatic rings. The van der Waals surface area contributed by atoms with Crippen molar-refractivity contribution in [3.05, 3.63) is 69.2 Å². The van der Waals surface area contributed by atoms with Crippen molar-refractivity contribution in [2.24, 2.45) is 0 Å². The van der Waals surface area contributed by atoms with Gasteiger partial charge in [-0.3, -0.25) is 0 Å².